The van der Waals surface area contributed by atoms with Gasteiger partial charge in [-0.1, -0.05) is 36.4 Å². The van der Waals surface area contributed by atoms with E-state index in [1.807, 2.05) is 23.6 Å². The molecule has 0 radical (unpaired) electrons. The molecule has 1 atom stereocenters. The quantitative estimate of drug-likeness (QED) is 0.261. The van der Waals surface area contributed by atoms with Crippen LogP contribution in [0.15, 0.2) is 65.6 Å². The number of H-pyrrole nitrogens is 1. The molecule has 0 aliphatic carbocycles. The first-order chi connectivity index (χ1) is 16.0. The number of nitrogens with one attached hydrogen (secondary N) is 1. The number of thiophene rings is 1. The molecule has 2 aromatic heterocycles. The molecule has 1 fully saturated rings. The summed E-state index contributed by atoms with van der Waals surface area (Å²) in [5.74, 6) is -0.596. The minimum Gasteiger partial charge on any atom is -0.507 e. The maximum absolute atomic E-state index is 13.2. The first-order valence-corrected chi connectivity index (χ1v) is 10.9. The maximum atomic E-state index is 13.2. The van der Waals surface area contributed by atoms with Crippen LogP contribution < -0.4 is 14.4 Å². The Kier molecular flexibility index (Phi) is 5.10. The predicted octanol–water partition coefficient (Wildman–Crippen LogP) is 4.27. The van der Waals surface area contributed by atoms with Gasteiger partial charge in [-0.25, -0.2) is 4.98 Å². The van der Waals surface area contributed by atoms with E-state index in [2.05, 4.69) is 9.97 Å². The third-order valence-electron chi connectivity index (χ3n) is 5.51. The normalized spacial score (nSPS) is 17.6. The fourth-order valence-corrected chi connectivity index (χ4v) is 4.78. The van der Waals surface area contributed by atoms with Gasteiger partial charge in [0.05, 0.1) is 30.8 Å². The van der Waals surface area contributed by atoms with Gasteiger partial charge in [-0.05, 0) is 11.4 Å². The highest BCUT2D eigenvalue weighted by Gasteiger charge is 2.48. The van der Waals surface area contributed by atoms with E-state index in [9.17, 15) is 14.7 Å². The Morgan fingerprint density at radius 1 is 1.06 bits per heavy atom. The van der Waals surface area contributed by atoms with Gasteiger partial charge in [0.25, 0.3) is 5.78 Å². The highest BCUT2D eigenvalue weighted by molar-refractivity contribution is 7.10. The number of aromatic nitrogens is 2. The lowest BCUT2D eigenvalue weighted by Crippen LogP contribution is -2.30. The lowest BCUT2D eigenvalue weighted by molar-refractivity contribution is -0.132. The van der Waals surface area contributed by atoms with E-state index >= 15 is 0 Å². The van der Waals surface area contributed by atoms with Crippen LogP contribution in [0.25, 0.3) is 16.8 Å². The smallest absolute Gasteiger partial charge is 0.302 e. The largest absolute Gasteiger partial charge is 0.507 e. The predicted molar refractivity (Wildman–Crippen MR) is 125 cm³/mol. The molecule has 33 heavy (non-hydrogen) atoms. The van der Waals surface area contributed by atoms with E-state index in [1.165, 1.54) is 30.5 Å². The number of Topliss-reactive ketones (excluding diaryl/α,β-unsaturated/α-hetero) is 1. The molecule has 1 amide bonds. The molecular weight excluding hydrogens is 442 g/mol. The number of hydrogen-bond donors (Lipinski definition) is 2. The molecule has 8 nitrogen and oxygen atoms in total. The van der Waals surface area contributed by atoms with Crippen LogP contribution in [-0.4, -0.2) is 41.0 Å². The van der Waals surface area contributed by atoms with Crippen LogP contribution >= 0.6 is 11.3 Å². The third-order valence-corrected chi connectivity index (χ3v) is 6.43. The molecule has 5 rings (SSSR count). The second-order valence-corrected chi connectivity index (χ2v) is 8.31. The van der Waals surface area contributed by atoms with Gasteiger partial charge in [-0.3, -0.25) is 14.5 Å². The van der Waals surface area contributed by atoms with Crippen molar-refractivity contribution < 1.29 is 24.2 Å². The van der Waals surface area contributed by atoms with Crippen LogP contribution in [0.5, 0.6) is 11.5 Å². The summed E-state index contributed by atoms with van der Waals surface area (Å²) in [4.78, 5) is 36.0. The zero-order valence-corrected chi connectivity index (χ0v) is 18.6. The molecule has 9 heteroatoms. The Bertz CT molecular complexity index is 1350. The van der Waals surface area contributed by atoms with E-state index in [0.717, 1.165) is 4.88 Å². The van der Waals surface area contributed by atoms with Crippen molar-refractivity contribution in [1.82, 2.24) is 9.97 Å². The molecule has 3 heterocycles. The van der Waals surface area contributed by atoms with Crippen molar-refractivity contribution in [2.24, 2.45) is 0 Å². The number of aromatic amines is 1. The molecule has 0 bridgehead atoms. The van der Waals surface area contributed by atoms with Crippen molar-refractivity contribution in [3.05, 3.63) is 76.0 Å². The van der Waals surface area contributed by atoms with E-state index in [-0.39, 0.29) is 17.3 Å². The Labute approximate surface area is 192 Å². The number of ketones is 1. The Morgan fingerprint density at radius 2 is 1.79 bits per heavy atom. The summed E-state index contributed by atoms with van der Waals surface area (Å²) in [7, 11) is 3.05. The van der Waals surface area contributed by atoms with E-state index < -0.39 is 17.7 Å². The van der Waals surface area contributed by atoms with Gasteiger partial charge in [-0.15, -0.1) is 11.3 Å². The average molecular weight is 461 g/mol. The van der Waals surface area contributed by atoms with Gasteiger partial charge < -0.3 is 19.6 Å². The number of fused-ring (bicyclic) bond motifs is 1. The summed E-state index contributed by atoms with van der Waals surface area (Å²) in [6.07, 6.45) is 0. The Balaban J connectivity index is 1.70. The summed E-state index contributed by atoms with van der Waals surface area (Å²) in [6, 6.07) is 14.9. The number of carbonyl (C=O) groups excluding carboxylic acids is 2. The van der Waals surface area contributed by atoms with Gasteiger partial charge >= 0.3 is 5.91 Å². The summed E-state index contributed by atoms with van der Waals surface area (Å²) in [6.45, 7) is 0. The fourth-order valence-electron chi connectivity index (χ4n) is 3.96. The van der Waals surface area contributed by atoms with Crippen molar-refractivity contribution in [3.8, 4) is 11.5 Å². The summed E-state index contributed by atoms with van der Waals surface area (Å²) >= 11 is 1.38. The van der Waals surface area contributed by atoms with Crippen molar-refractivity contribution in [2.75, 3.05) is 19.1 Å². The molecule has 2 aromatic carbocycles. The van der Waals surface area contributed by atoms with Crippen LogP contribution in [0.3, 0.4) is 0 Å². The van der Waals surface area contributed by atoms with Gasteiger partial charge in [-0.2, -0.15) is 0 Å². The van der Waals surface area contributed by atoms with Crippen LogP contribution in [0.4, 0.5) is 5.95 Å². The topological polar surface area (TPSA) is 105 Å². The summed E-state index contributed by atoms with van der Waals surface area (Å²) in [5, 5.41) is 12.9. The third kappa shape index (κ3) is 3.33. The molecule has 1 aliphatic heterocycles. The number of ether oxygens (including phenoxy) is 2. The highest BCUT2D eigenvalue weighted by atomic mass is 32.1. The zero-order chi connectivity index (χ0) is 23.1. The monoisotopic (exact) mass is 461 g/mol. The lowest BCUT2D eigenvalue weighted by atomic mass is 10.00. The number of amides is 1. The summed E-state index contributed by atoms with van der Waals surface area (Å²) in [5.41, 5.74) is 1.62. The van der Waals surface area contributed by atoms with Crippen molar-refractivity contribution >= 4 is 45.8 Å². The number of rotatable bonds is 5. The van der Waals surface area contributed by atoms with E-state index in [4.69, 9.17) is 9.47 Å². The molecule has 2 N–H and O–H groups in total. The number of carbonyl (C=O) groups is 2. The molecule has 1 saturated heterocycles. The van der Waals surface area contributed by atoms with Gasteiger partial charge in [0.1, 0.15) is 11.8 Å². The Morgan fingerprint density at radius 3 is 2.45 bits per heavy atom. The van der Waals surface area contributed by atoms with Crippen molar-refractivity contribution in [1.29, 1.82) is 0 Å². The average Bonchev–Trinajstić information content (AvgIpc) is 3.56. The van der Waals surface area contributed by atoms with Crippen molar-refractivity contribution in [2.45, 2.75) is 6.04 Å². The molecule has 0 saturated carbocycles. The SMILES string of the molecule is COc1cc2nc(N3C(=O)C(=O)/C(=C(/O)c4ccccc4)C3c3cccs3)[nH]c2cc1OC. The molecule has 1 unspecified atom stereocenters. The first-order valence-electron chi connectivity index (χ1n) is 10.0. The number of aliphatic hydroxyl groups is 1. The molecule has 4 aromatic rings. The molecule has 0 spiro atoms. The minimum atomic E-state index is -0.824. The second kappa shape index (κ2) is 8.10. The van der Waals surface area contributed by atoms with Crippen LogP contribution in [-0.2, 0) is 9.59 Å². The van der Waals surface area contributed by atoms with Crippen LogP contribution in [0.1, 0.15) is 16.5 Å². The molecule has 1 aliphatic rings. The number of benzene rings is 2. The molecule has 166 valence electrons. The van der Waals surface area contributed by atoms with Crippen molar-refractivity contribution in [3.63, 3.8) is 0 Å². The fraction of sp³-hybridized carbons (Fsp3) is 0.125. The lowest BCUT2D eigenvalue weighted by Gasteiger charge is -2.21. The summed E-state index contributed by atoms with van der Waals surface area (Å²) < 4.78 is 10.7. The van der Waals surface area contributed by atoms with Gasteiger partial charge in [0.2, 0.25) is 5.95 Å². The highest BCUT2D eigenvalue weighted by Crippen LogP contribution is 2.43. The van der Waals surface area contributed by atoms with E-state index in [0.29, 0.717) is 28.1 Å². The number of methoxy groups -OCH3 is 2. The molecular formula is C24H19N3O5S. The van der Waals surface area contributed by atoms with Crippen LogP contribution in [0.2, 0.25) is 0 Å². The number of anilines is 1. The number of hydrogen-bond acceptors (Lipinski definition) is 7. The maximum Gasteiger partial charge on any atom is 0.302 e. The standard InChI is InChI=1S/C24H19N3O5S/c1-31-16-11-14-15(12-17(16)32-2)26-24(25-14)27-20(18-9-6-10-33-18)19(22(29)23(27)30)21(28)13-7-4-3-5-8-13/h3-12,20,28H,1-2H3,(H,25,26)/b21-19+. The van der Waals surface area contributed by atoms with Gasteiger partial charge in [0, 0.05) is 22.6 Å². The number of aliphatic hydroxyl groups excluding tert-OH is 1. The Hall–Kier alpha value is -4.11. The first kappa shape index (κ1) is 20.8. The number of nitrogens with zero attached hydrogens (tertiary/aromatic N) is 2. The van der Waals surface area contributed by atoms with Crippen LogP contribution in [0, 0.1) is 0 Å². The van der Waals surface area contributed by atoms with E-state index in [1.54, 1.807) is 36.4 Å². The van der Waals surface area contributed by atoms with Gasteiger partial charge in [0.15, 0.2) is 11.5 Å². The zero-order valence-electron chi connectivity index (χ0n) is 17.7. The second-order valence-electron chi connectivity index (χ2n) is 7.34. The number of imidazole rings is 1. The minimum absolute atomic E-state index is 0.0178.